The van der Waals surface area contributed by atoms with E-state index in [0.29, 0.717) is 29.3 Å². The van der Waals surface area contributed by atoms with Crippen LogP contribution in [0.15, 0.2) is 36.5 Å². The Bertz CT molecular complexity index is 1110. The van der Waals surface area contributed by atoms with E-state index in [4.69, 9.17) is 0 Å². The highest BCUT2D eigenvalue weighted by Crippen LogP contribution is 2.42. The molecule has 1 aromatic carbocycles. The molecule has 31 heavy (non-hydrogen) atoms. The number of ether oxygens (including phenoxy) is 1. The van der Waals surface area contributed by atoms with E-state index in [-0.39, 0.29) is 11.6 Å². The molecular formula is C20H21FN6O4. The third kappa shape index (κ3) is 4.26. The number of hydrogen-bond acceptors (Lipinski definition) is 6. The molecule has 2 aromatic heterocycles. The molecule has 11 heteroatoms. The zero-order valence-corrected chi connectivity index (χ0v) is 16.6. The number of nitrogens with zero attached hydrogens (tertiary/aromatic N) is 2. The second kappa shape index (κ2) is 8.19. The number of aliphatic hydroxyl groups is 1. The first-order valence-electron chi connectivity index (χ1n) is 9.62. The van der Waals surface area contributed by atoms with E-state index in [1.54, 1.807) is 18.2 Å². The molecule has 0 aliphatic heterocycles. The molecule has 4 rings (SSSR count). The summed E-state index contributed by atoms with van der Waals surface area (Å²) in [5.41, 5.74) is 0.0448. The van der Waals surface area contributed by atoms with Crippen molar-refractivity contribution in [2.24, 2.45) is 0 Å². The molecule has 3 aromatic rings. The lowest BCUT2D eigenvalue weighted by Crippen LogP contribution is -2.51. The number of nitrogens with one attached hydrogen (secondary N) is 4. The van der Waals surface area contributed by atoms with Crippen molar-refractivity contribution in [2.45, 2.75) is 30.9 Å². The summed E-state index contributed by atoms with van der Waals surface area (Å²) >= 11 is 0. The molecule has 2 heterocycles. The molecule has 5 N–H and O–H groups in total. The normalized spacial score (nSPS) is 15.6. The molecule has 1 aliphatic rings. The van der Waals surface area contributed by atoms with E-state index in [2.05, 4.69) is 35.9 Å². The summed E-state index contributed by atoms with van der Waals surface area (Å²) in [5, 5.41) is 25.9. The molecule has 10 nitrogen and oxygen atoms in total. The van der Waals surface area contributed by atoms with Crippen molar-refractivity contribution in [3.63, 3.8) is 0 Å². The molecule has 1 unspecified atom stereocenters. The van der Waals surface area contributed by atoms with Gasteiger partial charge >= 0.3 is 12.1 Å². The predicted octanol–water partition coefficient (Wildman–Crippen LogP) is 3.05. The number of carbonyl (C=O) groups excluding carboxylic acids is 2. The molecule has 1 atom stereocenters. The molecule has 0 spiro atoms. The van der Waals surface area contributed by atoms with Crippen molar-refractivity contribution < 1.29 is 23.8 Å². The van der Waals surface area contributed by atoms with E-state index in [1.165, 1.54) is 25.4 Å². The van der Waals surface area contributed by atoms with Crippen LogP contribution in [0.1, 0.15) is 30.9 Å². The number of rotatable bonds is 5. The number of fused-ring (bicyclic) bond motifs is 1. The summed E-state index contributed by atoms with van der Waals surface area (Å²) in [6.07, 6.45) is 2.68. The second-order valence-electron chi connectivity index (χ2n) is 7.34. The second-order valence-corrected chi connectivity index (χ2v) is 7.34. The van der Waals surface area contributed by atoms with Crippen molar-refractivity contribution in [1.29, 1.82) is 0 Å². The number of H-pyrrole nitrogens is 1. The van der Waals surface area contributed by atoms with Gasteiger partial charge in [0, 0.05) is 12.3 Å². The summed E-state index contributed by atoms with van der Waals surface area (Å²) < 4.78 is 17.8. The lowest BCUT2D eigenvalue weighted by molar-refractivity contribution is -0.0627. The van der Waals surface area contributed by atoms with Crippen LogP contribution in [0.2, 0.25) is 0 Å². The molecule has 162 valence electrons. The predicted molar refractivity (Wildman–Crippen MR) is 110 cm³/mol. The Morgan fingerprint density at radius 1 is 1.26 bits per heavy atom. The van der Waals surface area contributed by atoms with Crippen LogP contribution in [0.4, 0.5) is 25.6 Å². The average Bonchev–Trinajstić information content (AvgIpc) is 3.13. The summed E-state index contributed by atoms with van der Waals surface area (Å²) in [6.45, 7) is 0. The highest BCUT2D eigenvalue weighted by molar-refractivity contribution is 5.98. The van der Waals surface area contributed by atoms with E-state index >= 15 is 0 Å². The van der Waals surface area contributed by atoms with Crippen LogP contribution in [0.5, 0.6) is 0 Å². The minimum Gasteiger partial charge on any atom is -0.453 e. The molecule has 0 radical (unpaired) electrons. The van der Waals surface area contributed by atoms with E-state index in [0.717, 1.165) is 6.42 Å². The van der Waals surface area contributed by atoms with Gasteiger partial charge in [-0.2, -0.15) is 5.10 Å². The molecule has 3 amide bonds. The van der Waals surface area contributed by atoms with Crippen LogP contribution >= 0.6 is 0 Å². The van der Waals surface area contributed by atoms with Gasteiger partial charge in [0.2, 0.25) is 0 Å². The number of aromatic amines is 1. The first kappa shape index (κ1) is 20.5. The fraction of sp³-hybridized carbons (Fsp3) is 0.300. The third-order valence-electron chi connectivity index (χ3n) is 5.33. The van der Waals surface area contributed by atoms with Crippen molar-refractivity contribution in [3.05, 3.63) is 47.9 Å². The molecule has 0 saturated heterocycles. The van der Waals surface area contributed by atoms with Gasteiger partial charge in [0.15, 0.2) is 5.82 Å². The van der Waals surface area contributed by atoms with E-state index < -0.39 is 29.6 Å². The van der Waals surface area contributed by atoms with Gasteiger partial charge in [0.25, 0.3) is 0 Å². The summed E-state index contributed by atoms with van der Waals surface area (Å²) in [6, 6.07) is 5.94. The maximum Gasteiger partial charge on any atom is 0.412 e. The Morgan fingerprint density at radius 3 is 2.65 bits per heavy atom. The van der Waals surface area contributed by atoms with Crippen molar-refractivity contribution in [3.8, 4) is 0 Å². The number of hydrogen-bond donors (Lipinski definition) is 5. The van der Waals surface area contributed by atoms with Gasteiger partial charge < -0.3 is 15.2 Å². The number of amides is 3. The quantitative estimate of drug-likeness (QED) is 0.423. The summed E-state index contributed by atoms with van der Waals surface area (Å²) in [4.78, 5) is 28.2. The molecular weight excluding hydrogens is 407 g/mol. The molecule has 1 saturated carbocycles. The van der Waals surface area contributed by atoms with Gasteiger partial charge in [-0.3, -0.25) is 15.7 Å². The number of halogens is 1. The lowest BCUT2D eigenvalue weighted by atomic mass is 9.72. The Kier molecular flexibility index (Phi) is 5.42. The number of pyridine rings is 1. The Balaban J connectivity index is 1.49. The average molecular weight is 428 g/mol. The van der Waals surface area contributed by atoms with E-state index in [1.807, 2.05) is 0 Å². The number of aromatic nitrogens is 3. The Labute approximate surface area is 176 Å². The van der Waals surface area contributed by atoms with Crippen molar-refractivity contribution in [1.82, 2.24) is 20.5 Å². The fourth-order valence-electron chi connectivity index (χ4n) is 3.52. The van der Waals surface area contributed by atoms with Gasteiger partial charge in [0.1, 0.15) is 11.6 Å². The largest absolute Gasteiger partial charge is 0.453 e. The Hall–Kier alpha value is -3.73. The zero-order valence-electron chi connectivity index (χ0n) is 16.6. The van der Waals surface area contributed by atoms with Crippen molar-refractivity contribution in [2.75, 3.05) is 17.7 Å². The smallest absolute Gasteiger partial charge is 0.412 e. The molecule has 1 fully saturated rings. The van der Waals surface area contributed by atoms with Crippen LogP contribution in [0.25, 0.3) is 10.9 Å². The first-order chi connectivity index (χ1) is 14.9. The van der Waals surface area contributed by atoms with E-state index in [9.17, 15) is 19.1 Å². The van der Waals surface area contributed by atoms with Crippen LogP contribution in [-0.2, 0) is 4.74 Å². The van der Waals surface area contributed by atoms with Crippen molar-refractivity contribution >= 4 is 34.7 Å². The highest BCUT2D eigenvalue weighted by Gasteiger charge is 2.44. The number of benzene rings is 1. The minimum atomic E-state index is -1.09. The summed E-state index contributed by atoms with van der Waals surface area (Å²) in [5.74, 6) is 0.0799. The van der Waals surface area contributed by atoms with Gasteiger partial charge in [0.05, 0.1) is 29.7 Å². The number of urea groups is 1. The number of methoxy groups -OCH3 is 1. The molecule has 0 bridgehead atoms. The monoisotopic (exact) mass is 428 g/mol. The number of carbonyl (C=O) groups is 2. The third-order valence-corrected chi connectivity index (χ3v) is 5.33. The number of anilines is 2. The summed E-state index contributed by atoms with van der Waals surface area (Å²) in [7, 11) is 1.24. The van der Waals surface area contributed by atoms with Crippen LogP contribution < -0.4 is 16.0 Å². The molecule has 1 aliphatic carbocycles. The maximum atomic E-state index is 13.3. The van der Waals surface area contributed by atoms with Crippen LogP contribution in [0, 0.1) is 5.82 Å². The minimum absolute atomic E-state index is 0.233. The van der Waals surface area contributed by atoms with Crippen LogP contribution in [0.3, 0.4) is 0 Å². The fourth-order valence-corrected chi connectivity index (χ4v) is 3.52. The lowest BCUT2D eigenvalue weighted by Gasteiger charge is -2.43. The highest BCUT2D eigenvalue weighted by atomic mass is 19.1. The topological polar surface area (TPSA) is 141 Å². The van der Waals surface area contributed by atoms with Gasteiger partial charge in [-0.15, -0.1) is 0 Å². The first-order valence-corrected chi connectivity index (χ1v) is 9.62. The van der Waals surface area contributed by atoms with Gasteiger partial charge in [-0.05, 0) is 37.0 Å². The van der Waals surface area contributed by atoms with Gasteiger partial charge in [-0.25, -0.2) is 19.0 Å². The Morgan fingerprint density at radius 2 is 2.00 bits per heavy atom. The zero-order chi connectivity index (χ0) is 22.0. The standard InChI is InChI=1S/C20H21FN6O4/c1-31-19(29)25-17-13-10-22-15(9-14(13)26-27-17)23-18(28)24-16(20(30)7-2-8-20)11-3-5-12(21)6-4-11/h3-6,9-10,16,30H,2,7-8H2,1H3,(H2,22,23,24,28)(H2,25,26,27,29). The maximum absolute atomic E-state index is 13.3. The van der Waals surface area contributed by atoms with Crippen LogP contribution in [-0.4, -0.2) is 45.1 Å². The SMILES string of the molecule is COC(=O)Nc1n[nH]c2cc(NC(=O)NC(c3ccc(F)cc3)C3(O)CCC3)ncc12. The van der Waals surface area contributed by atoms with Gasteiger partial charge in [-0.1, -0.05) is 12.1 Å².